The van der Waals surface area contributed by atoms with Crippen LogP contribution in [0.4, 0.5) is 0 Å². The van der Waals surface area contributed by atoms with Crippen LogP contribution < -0.4 is 0 Å². The van der Waals surface area contributed by atoms with Gasteiger partial charge in [0, 0.05) is 0 Å². The first-order valence-corrected chi connectivity index (χ1v) is 3.89. The maximum atomic E-state index is 9.53. The summed E-state index contributed by atoms with van der Waals surface area (Å²) < 4.78 is 0. The van der Waals surface area contributed by atoms with E-state index in [1.807, 2.05) is 0 Å². The van der Waals surface area contributed by atoms with Gasteiger partial charge >= 0.3 is 0 Å². The molecule has 4 heteroatoms. The monoisotopic (exact) mass is 188 g/mol. The van der Waals surface area contributed by atoms with Gasteiger partial charge in [0.2, 0.25) is 0 Å². The first-order chi connectivity index (χ1) is 6.54. The van der Waals surface area contributed by atoms with Crippen LogP contribution in [0.15, 0.2) is 0 Å². The molecular formula is C10H8N2O2. The van der Waals surface area contributed by atoms with Crippen molar-refractivity contribution in [3.8, 4) is 23.6 Å². The summed E-state index contributed by atoms with van der Waals surface area (Å²) in [6.07, 6.45) is 0. The Balaban J connectivity index is 3.79. The van der Waals surface area contributed by atoms with Crippen molar-refractivity contribution in [1.82, 2.24) is 0 Å². The average Bonchev–Trinajstić information content (AvgIpc) is 2.20. The first-order valence-electron chi connectivity index (χ1n) is 3.89. The van der Waals surface area contributed by atoms with E-state index in [-0.39, 0.29) is 22.6 Å². The van der Waals surface area contributed by atoms with Gasteiger partial charge in [-0.2, -0.15) is 10.5 Å². The Morgan fingerprint density at radius 1 is 0.857 bits per heavy atom. The van der Waals surface area contributed by atoms with Crippen molar-refractivity contribution in [2.24, 2.45) is 0 Å². The number of rotatable bonds is 0. The highest BCUT2D eigenvalue weighted by Crippen LogP contribution is 2.35. The van der Waals surface area contributed by atoms with Crippen LogP contribution in [-0.2, 0) is 0 Å². The molecular weight excluding hydrogens is 180 g/mol. The summed E-state index contributed by atoms with van der Waals surface area (Å²) in [4.78, 5) is 0. The number of phenolic OH excluding ortho intramolecular Hbond substituents is 2. The van der Waals surface area contributed by atoms with Crippen molar-refractivity contribution >= 4 is 0 Å². The minimum Gasteiger partial charge on any atom is -0.506 e. The van der Waals surface area contributed by atoms with Gasteiger partial charge in [-0.3, -0.25) is 0 Å². The number of aromatic hydroxyl groups is 2. The summed E-state index contributed by atoms with van der Waals surface area (Å²) in [6.45, 7) is 3.15. The van der Waals surface area contributed by atoms with Gasteiger partial charge < -0.3 is 10.2 Å². The molecule has 0 fully saturated rings. The van der Waals surface area contributed by atoms with Crippen LogP contribution in [0, 0.1) is 36.5 Å². The summed E-state index contributed by atoms with van der Waals surface area (Å²) in [5.41, 5.74) is 0.484. The summed E-state index contributed by atoms with van der Waals surface area (Å²) in [5.74, 6) is -0.473. The Kier molecular flexibility index (Phi) is 2.31. The van der Waals surface area contributed by atoms with Crippen molar-refractivity contribution in [3.63, 3.8) is 0 Å². The molecule has 0 heterocycles. The Hall–Kier alpha value is -2.20. The molecule has 0 bridgehead atoms. The molecule has 0 unspecified atom stereocenters. The fraction of sp³-hybridized carbons (Fsp3) is 0.200. The molecule has 0 radical (unpaired) electrons. The maximum Gasteiger partial charge on any atom is 0.138 e. The van der Waals surface area contributed by atoms with Gasteiger partial charge in [-0.05, 0) is 25.0 Å². The van der Waals surface area contributed by atoms with Crippen molar-refractivity contribution in [1.29, 1.82) is 10.5 Å². The molecule has 4 nitrogen and oxygen atoms in total. The Bertz CT molecular complexity index is 434. The predicted molar refractivity (Wildman–Crippen MR) is 48.7 cm³/mol. The third-order valence-electron chi connectivity index (χ3n) is 2.22. The zero-order valence-corrected chi connectivity index (χ0v) is 7.79. The van der Waals surface area contributed by atoms with Gasteiger partial charge in [0.05, 0.1) is 0 Å². The fourth-order valence-electron chi connectivity index (χ4n) is 1.18. The number of hydrogen-bond acceptors (Lipinski definition) is 4. The normalized spacial score (nSPS) is 9.14. The molecule has 0 aliphatic heterocycles. The molecule has 0 spiro atoms. The molecule has 0 aliphatic carbocycles. The van der Waals surface area contributed by atoms with Crippen molar-refractivity contribution in [2.75, 3.05) is 0 Å². The lowest BCUT2D eigenvalue weighted by atomic mass is 9.98. The molecule has 70 valence electrons. The van der Waals surface area contributed by atoms with Crippen LogP contribution in [0.2, 0.25) is 0 Å². The summed E-state index contributed by atoms with van der Waals surface area (Å²) in [5, 5.41) is 36.5. The second-order valence-corrected chi connectivity index (χ2v) is 2.92. The minimum atomic E-state index is -0.237. The Morgan fingerprint density at radius 3 is 1.36 bits per heavy atom. The molecule has 2 N–H and O–H groups in total. The largest absolute Gasteiger partial charge is 0.506 e. The summed E-state index contributed by atoms with van der Waals surface area (Å²) >= 11 is 0. The third kappa shape index (κ3) is 1.14. The SMILES string of the molecule is Cc1c(C)c(O)c(C#N)c(C#N)c1O. The predicted octanol–water partition coefficient (Wildman–Crippen LogP) is 1.46. The highest BCUT2D eigenvalue weighted by Gasteiger charge is 2.18. The Morgan fingerprint density at radius 2 is 1.14 bits per heavy atom. The van der Waals surface area contributed by atoms with E-state index in [2.05, 4.69) is 0 Å². The topological polar surface area (TPSA) is 88.0 Å². The van der Waals surface area contributed by atoms with Crippen molar-refractivity contribution in [2.45, 2.75) is 13.8 Å². The van der Waals surface area contributed by atoms with Crippen molar-refractivity contribution < 1.29 is 10.2 Å². The van der Waals surface area contributed by atoms with Crippen LogP contribution in [0.5, 0.6) is 11.5 Å². The standard InChI is InChI=1S/C10H8N2O2/c1-5-6(2)10(14)8(4-12)7(3-11)9(5)13/h13-14H,1-2H3. The number of phenols is 2. The molecule has 1 aromatic rings. The molecule has 0 aliphatic rings. The number of hydrogen-bond donors (Lipinski definition) is 2. The van der Waals surface area contributed by atoms with Gasteiger partial charge in [0.15, 0.2) is 0 Å². The molecule has 1 rings (SSSR count). The lowest BCUT2D eigenvalue weighted by molar-refractivity contribution is 0.450. The number of benzene rings is 1. The maximum absolute atomic E-state index is 9.53. The number of nitrogens with zero attached hydrogens (tertiary/aromatic N) is 2. The van der Waals surface area contributed by atoms with Crippen molar-refractivity contribution in [3.05, 3.63) is 22.3 Å². The minimum absolute atomic E-state index is 0.173. The van der Waals surface area contributed by atoms with E-state index >= 15 is 0 Å². The van der Waals surface area contributed by atoms with Gasteiger partial charge in [-0.15, -0.1) is 0 Å². The van der Waals surface area contributed by atoms with E-state index in [0.717, 1.165) is 0 Å². The van der Waals surface area contributed by atoms with E-state index in [0.29, 0.717) is 11.1 Å². The van der Waals surface area contributed by atoms with Crippen LogP contribution in [0.25, 0.3) is 0 Å². The molecule has 14 heavy (non-hydrogen) atoms. The molecule has 0 aromatic heterocycles. The molecule has 0 saturated heterocycles. The summed E-state index contributed by atoms with van der Waals surface area (Å²) in [7, 11) is 0. The van der Waals surface area contributed by atoms with Crippen LogP contribution in [0.3, 0.4) is 0 Å². The lowest BCUT2D eigenvalue weighted by Crippen LogP contribution is -1.93. The first kappa shape index (κ1) is 9.88. The van der Waals surface area contributed by atoms with E-state index in [1.165, 1.54) is 0 Å². The van der Waals surface area contributed by atoms with Gasteiger partial charge in [0.1, 0.15) is 34.8 Å². The molecule has 0 saturated carbocycles. The molecule has 0 amide bonds. The van der Waals surface area contributed by atoms with E-state index in [1.54, 1.807) is 26.0 Å². The molecule has 1 aromatic carbocycles. The zero-order valence-electron chi connectivity index (χ0n) is 7.79. The zero-order chi connectivity index (χ0) is 10.9. The van der Waals surface area contributed by atoms with Crippen LogP contribution in [0.1, 0.15) is 22.3 Å². The van der Waals surface area contributed by atoms with E-state index in [4.69, 9.17) is 10.5 Å². The highest BCUT2D eigenvalue weighted by atomic mass is 16.3. The van der Waals surface area contributed by atoms with Gasteiger partial charge in [-0.25, -0.2) is 0 Å². The van der Waals surface area contributed by atoms with Gasteiger partial charge in [0.25, 0.3) is 0 Å². The highest BCUT2D eigenvalue weighted by molar-refractivity contribution is 5.65. The summed E-state index contributed by atoms with van der Waals surface area (Å²) in [6, 6.07) is 3.38. The third-order valence-corrected chi connectivity index (χ3v) is 2.22. The van der Waals surface area contributed by atoms with Crippen LogP contribution in [-0.4, -0.2) is 10.2 Å². The smallest absolute Gasteiger partial charge is 0.138 e. The van der Waals surface area contributed by atoms with Gasteiger partial charge in [-0.1, -0.05) is 0 Å². The molecule has 0 atom stereocenters. The quantitative estimate of drug-likeness (QED) is 0.603. The second-order valence-electron chi connectivity index (χ2n) is 2.92. The van der Waals surface area contributed by atoms with E-state index in [9.17, 15) is 10.2 Å². The second kappa shape index (κ2) is 3.27. The number of nitriles is 2. The lowest BCUT2D eigenvalue weighted by Gasteiger charge is -2.09. The van der Waals surface area contributed by atoms with E-state index < -0.39 is 0 Å². The Labute approximate surface area is 81.3 Å². The van der Waals surface area contributed by atoms with Crippen LogP contribution >= 0.6 is 0 Å². The average molecular weight is 188 g/mol. The fourth-order valence-corrected chi connectivity index (χ4v) is 1.18.